The minimum atomic E-state index is -1.06. The zero-order valence-corrected chi connectivity index (χ0v) is 10.3. The maximum absolute atomic E-state index is 10.8. The first-order chi connectivity index (χ1) is 7.90. The van der Waals surface area contributed by atoms with Gasteiger partial charge in [-0.05, 0) is 33.2 Å². The minimum absolute atomic E-state index is 0.0150. The smallest absolute Gasteiger partial charge is 0.354 e. The molecule has 1 aromatic rings. The van der Waals surface area contributed by atoms with Crippen molar-refractivity contribution < 1.29 is 9.90 Å². The van der Waals surface area contributed by atoms with Crippen molar-refractivity contribution in [2.75, 3.05) is 31.7 Å². The van der Waals surface area contributed by atoms with Gasteiger partial charge in [-0.15, -0.1) is 0 Å². The molecule has 1 unspecified atom stereocenters. The molecule has 0 bridgehead atoms. The second-order valence-corrected chi connectivity index (χ2v) is 4.25. The zero-order chi connectivity index (χ0) is 13.0. The van der Waals surface area contributed by atoms with Crippen LogP contribution in [-0.4, -0.2) is 47.6 Å². The molecule has 0 amide bonds. The summed E-state index contributed by atoms with van der Waals surface area (Å²) in [4.78, 5) is 16.8. The van der Waals surface area contributed by atoms with Gasteiger partial charge in [0.1, 0.15) is 5.82 Å². The average Bonchev–Trinajstić information content (AvgIpc) is 2.19. The van der Waals surface area contributed by atoms with E-state index >= 15 is 0 Å². The molecule has 0 aliphatic rings. The fourth-order valence-corrected chi connectivity index (χ4v) is 1.53. The lowest BCUT2D eigenvalue weighted by Crippen LogP contribution is -2.30. The van der Waals surface area contributed by atoms with Crippen LogP contribution in [-0.2, 0) is 0 Å². The summed E-state index contributed by atoms with van der Waals surface area (Å²) in [7, 11) is 3.92. The Bertz CT molecular complexity index is 406. The number of anilines is 2. The zero-order valence-electron chi connectivity index (χ0n) is 10.3. The van der Waals surface area contributed by atoms with Crippen LogP contribution in [0.5, 0.6) is 0 Å². The number of nitrogens with zero attached hydrogens (tertiary/aromatic N) is 2. The first-order valence-corrected chi connectivity index (χ1v) is 5.31. The van der Waals surface area contributed by atoms with Gasteiger partial charge in [-0.1, -0.05) is 0 Å². The van der Waals surface area contributed by atoms with Crippen molar-refractivity contribution in [3.05, 3.63) is 17.8 Å². The largest absolute Gasteiger partial charge is 0.477 e. The number of hydrogen-bond acceptors (Lipinski definition) is 5. The van der Waals surface area contributed by atoms with Gasteiger partial charge in [-0.25, -0.2) is 9.78 Å². The molecule has 4 N–H and O–H groups in total. The number of carbonyl (C=O) groups is 1. The molecule has 0 aliphatic carbocycles. The summed E-state index contributed by atoms with van der Waals surface area (Å²) < 4.78 is 0. The Hall–Kier alpha value is -1.82. The fraction of sp³-hybridized carbons (Fsp3) is 0.455. The van der Waals surface area contributed by atoms with Crippen molar-refractivity contribution >= 4 is 17.5 Å². The first kappa shape index (κ1) is 13.2. The number of likely N-dealkylation sites (N-methyl/N-ethyl adjacent to an activating group) is 1. The van der Waals surface area contributed by atoms with Gasteiger partial charge in [-0.3, -0.25) is 0 Å². The highest BCUT2D eigenvalue weighted by atomic mass is 16.4. The normalized spacial score (nSPS) is 12.5. The predicted octanol–water partition coefficient (Wildman–Crippen LogP) is 0.724. The molecule has 94 valence electrons. The molecule has 6 nitrogen and oxygen atoms in total. The molecule has 0 aliphatic heterocycles. The van der Waals surface area contributed by atoms with Gasteiger partial charge in [0, 0.05) is 12.6 Å². The Balaban J connectivity index is 2.82. The molecule has 1 aromatic heterocycles. The summed E-state index contributed by atoms with van der Waals surface area (Å²) in [6.45, 7) is 2.78. The van der Waals surface area contributed by atoms with E-state index in [1.165, 1.54) is 6.07 Å². The number of nitrogen functional groups attached to an aromatic ring is 1. The summed E-state index contributed by atoms with van der Waals surface area (Å²) in [5.74, 6) is -0.646. The molecule has 0 radical (unpaired) electrons. The first-order valence-electron chi connectivity index (χ1n) is 5.31. The summed E-state index contributed by atoms with van der Waals surface area (Å²) in [6, 6.07) is 3.06. The molecular weight excluding hydrogens is 220 g/mol. The van der Waals surface area contributed by atoms with E-state index in [0.29, 0.717) is 11.5 Å². The molecule has 1 heterocycles. The van der Waals surface area contributed by atoms with E-state index in [4.69, 9.17) is 10.8 Å². The lowest BCUT2D eigenvalue weighted by atomic mass is 10.2. The van der Waals surface area contributed by atoms with Crippen LogP contribution in [0.25, 0.3) is 0 Å². The van der Waals surface area contributed by atoms with E-state index in [1.54, 1.807) is 6.07 Å². The van der Waals surface area contributed by atoms with Crippen molar-refractivity contribution in [2.24, 2.45) is 0 Å². The van der Waals surface area contributed by atoms with E-state index in [-0.39, 0.29) is 11.7 Å². The van der Waals surface area contributed by atoms with Crippen LogP contribution in [0.2, 0.25) is 0 Å². The minimum Gasteiger partial charge on any atom is -0.477 e. The lowest BCUT2D eigenvalue weighted by Gasteiger charge is -2.19. The van der Waals surface area contributed by atoms with Gasteiger partial charge >= 0.3 is 5.97 Å². The average molecular weight is 238 g/mol. The molecule has 6 heteroatoms. The Morgan fingerprint density at radius 1 is 1.59 bits per heavy atom. The predicted molar refractivity (Wildman–Crippen MR) is 67.2 cm³/mol. The van der Waals surface area contributed by atoms with Crippen molar-refractivity contribution in [1.82, 2.24) is 9.88 Å². The van der Waals surface area contributed by atoms with E-state index in [0.717, 1.165) is 6.54 Å². The van der Waals surface area contributed by atoms with Crippen LogP contribution < -0.4 is 11.1 Å². The standard InChI is InChI=1S/C11H18N4O2/c1-7(6-15(2)3)13-10-8(12)4-5-9(14-10)11(16)17/h4-5,7H,6,12H2,1-3H3,(H,13,14)(H,16,17). The van der Waals surface area contributed by atoms with Gasteiger partial charge in [0.25, 0.3) is 0 Å². The lowest BCUT2D eigenvalue weighted by molar-refractivity contribution is 0.0690. The Morgan fingerprint density at radius 3 is 2.76 bits per heavy atom. The molecule has 0 spiro atoms. The van der Waals surface area contributed by atoms with E-state index in [9.17, 15) is 4.79 Å². The monoisotopic (exact) mass is 238 g/mol. The molecule has 17 heavy (non-hydrogen) atoms. The summed E-state index contributed by atoms with van der Waals surface area (Å²) >= 11 is 0. The van der Waals surface area contributed by atoms with Crippen molar-refractivity contribution in [1.29, 1.82) is 0 Å². The molecule has 0 saturated carbocycles. The fourth-order valence-electron chi connectivity index (χ4n) is 1.53. The number of carboxylic acids is 1. The van der Waals surface area contributed by atoms with Crippen LogP contribution in [0.15, 0.2) is 12.1 Å². The quantitative estimate of drug-likeness (QED) is 0.700. The third kappa shape index (κ3) is 3.92. The highest BCUT2D eigenvalue weighted by Gasteiger charge is 2.11. The Labute approximate surface area is 100 Å². The summed E-state index contributed by atoms with van der Waals surface area (Å²) in [5.41, 5.74) is 6.17. The van der Waals surface area contributed by atoms with Gasteiger partial charge in [0.05, 0.1) is 5.69 Å². The molecule has 1 rings (SSSR count). The van der Waals surface area contributed by atoms with E-state index < -0.39 is 5.97 Å². The molecule has 0 aromatic carbocycles. The van der Waals surface area contributed by atoms with Gasteiger partial charge in [0.15, 0.2) is 5.69 Å². The van der Waals surface area contributed by atoms with Crippen LogP contribution in [0.3, 0.4) is 0 Å². The van der Waals surface area contributed by atoms with Gasteiger partial charge in [-0.2, -0.15) is 0 Å². The third-order valence-corrected chi connectivity index (χ3v) is 2.17. The van der Waals surface area contributed by atoms with Crippen LogP contribution in [0.4, 0.5) is 11.5 Å². The van der Waals surface area contributed by atoms with E-state index in [1.807, 2.05) is 25.9 Å². The Morgan fingerprint density at radius 2 is 2.24 bits per heavy atom. The Kier molecular flexibility index (Phi) is 4.28. The third-order valence-electron chi connectivity index (χ3n) is 2.17. The van der Waals surface area contributed by atoms with E-state index in [2.05, 4.69) is 10.3 Å². The number of aromatic nitrogens is 1. The number of hydrogen-bond donors (Lipinski definition) is 3. The van der Waals surface area contributed by atoms with Gasteiger partial charge < -0.3 is 21.1 Å². The number of carboxylic acid groups (broad SMARTS) is 1. The second-order valence-electron chi connectivity index (χ2n) is 4.25. The number of rotatable bonds is 5. The molecule has 0 fully saturated rings. The molecular formula is C11H18N4O2. The highest BCUT2D eigenvalue weighted by molar-refractivity contribution is 5.86. The maximum atomic E-state index is 10.8. The van der Waals surface area contributed by atoms with Crippen LogP contribution in [0, 0.1) is 0 Å². The van der Waals surface area contributed by atoms with Crippen LogP contribution >= 0.6 is 0 Å². The van der Waals surface area contributed by atoms with Crippen molar-refractivity contribution in [3.63, 3.8) is 0 Å². The van der Waals surface area contributed by atoms with Gasteiger partial charge in [0.2, 0.25) is 0 Å². The topological polar surface area (TPSA) is 91.5 Å². The SMILES string of the molecule is CC(CN(C)C)Nc1nc(C(=O)O)ccc1N. The highest BCUT2D eigenvalue weighted by Crippen LogP contribution is 2.16. The second kappa shape index (κ2) is 5.49. The van der Waals surface area contributed by atoms with Crippen molar-refractivity contribution in [3.8, 4) is 0 Å². The number of nitrogens with two attached hydrogens (primary N) is 1. The number of pyridine rings is 1. The number of nitrogens with one attached hydrogen (secondary N) is 1. The maximum Gasteiger partial charge on any atom is 0.354 e. The summed E-state index contributed by atoms with van der Waals surface area (Å²) in [6.07, 6.45) is 0. The summed E-state index contributed by atoms with van der Waals surface area (Å²) in [5, 5.41) is 11.9. The van der Waals surface area contributed by atoms with Crippen LogP contribution in [0.1, 0.15) is 17.4 Å². The van der Waals surface area contributed by atoms with Crippen molar-refractivity contribution in [2.45, 2.75) is 13.0 Å². The molecule has 1 atom stereocenters. The molecule has 0 saturated heterocycles. The number of aromatic carboxylic acids is 1.